The van der Waals surface area contributed by atoms with E-state index in [1.54, 1.807) is 32.3 Å². The maximum Gasteiger partial charge on any atom is 0.332 e. The van der Waals surface area contributed by atoms with Crippen molar-refractivity contribution in [2.45, 2.75) is 32.0 Å². The van der Waals surface area contributed by atoms with Crippen molar-refractivity contribution in [2.24, 2.45) is 0 Å². The number of aliphatic carboxylic acids is 1. The third-order valence-electron chi connectivity index (χ3n) is 3.73. The summed E-state index contributed by atoms with van der Waals surface area (Å²) in [6.07, 6.45) is -1.05. The Bertz CT molecular complexity index is 641. The second-order valence-electron chi connectivity index (χ2n) is 5.75. The predicted molar refractivity (Wildman–Crippen MR) is 83.4 cm³/mol. The number of aryl methyl sites for hydroxylation is 1. The molecule has 2 rings (SSSR count). The van der Waals surface area contributed by atoms with Gasteiger partial charge in [-0.25, -0.2) is 4.79 Å². The van der Waals surface area contributed by atoms with Gasteiger partial charge >= 0.3 is 5.97 Å². The van der Waals surface area contributed by atoms with Crippen molar-refractivity contribution in [3.8, 4) is 0 Å². The number of hydrogen-bond acceptors (Lipinski definition) is 4. The van der Waals surface area contributed by atoms with Crippen LogP contribution < -0.4 is 5.32 Å². The number of carboxylic acid groups (broad SMARTS) is 1. The van der Waals surface area contributed by atoms with Crippen molar-refractivity contribution in [3.05, 3.63) is 29.3 Å². The summed E-state index contributed by atoms with van der Waals surface area (Å²) in [6.45, 7) is 1.82. The van der Waals surface area contributed by atoms with Gasteiger partial charge in [0, 0.05) is 25.3 Å². The molecule has 0 bridgehead atoms. The summed E-state index contributed by atoms with van der Waals surface area (Å²) >= 11 is 0. The van der Waals surface area contributed by atoms with Crippen molar-refractivity contribution in [2.75, 3.05) is 19.4 Å². The van der Waals surface area contributed by atoms with E-state index in [1.807, 2.05) is 6.92 Å². The van der Waals surface area contributed by atoms with Crippen LogP contribution in [0, 0.1) is 6.92 Å². The van der Waals surface area contributed by atoms with Crippen LogP contribution in [0.3, 0.4) is 0 Å². The fraction of sp³-hybridized carbons (Fsp3) is 0.438. The molecule has 0 radical (unpaired) electrons. The zero-order valence-electron chi connectivity index (χ0n) is 13.3. The molecular weight excluding hydrogens is 300 g/mol. The Balaban J connectivity index is 2.09. The first-order chi connectivity index (χ1) is 10.8. The van der Waals surface area contributed by atoms with Crippen LogP contribution in [0.2, 0.25) is 0 Å². The normalized spacial score (nSPS) is 20.1. The Labute approximate surface area is 134 Å². The molecule has 1 saturated heterocycles. The minimum atomic E-state index is -1.06. The van der Waals surface area contributed by atoms with E-state index in [0.29, 0.717) is 24.1 Å². The van der Waals surface area contributed by atoms with Gasteiger partial charge in [0.15, 0.2) is 6.10 Å². The number of anilines is 1. The van der Waals surface area contributed by atoms with Gasteiger partial charge in [0.1, 0.15) is 6.10 Å². The number of amides is 2. The average Bonchev–Trinajstić information content (AvgIpc) is 2.98. The quantitative estimate of drug-likeness (QED) is 0.871. The summed E-state index contributed by atoms with van der Waals surface area (Å²) < 4.78 is 5.21. The molecule has 2 amide bonds. The molecule has 23 heavy (non-hydrogen) atoms. The number of nitrogens with one attached hydrogen (secondary N) is 1. The van der Waals surface area contributed by atoms with Crippen molar-refractivity contribution >= 4 is 23.5 Å². The molecule has 1 aromatic carbocycles. The van der Waals surface area contributed by atoms with Crippen LogP contribution in [-0.4, -0.2) is 54.1 Å². The molecule has 1 aliphatic rings. The van der Waals surface area contributed by atoms with E-state index in [9.17, 15) is 14.4 Å². The molecule has 0 spiro atoms. The number of carbonyl (C=O) groups excluding carboxylic acids is 2. The summed E-state index contributed by atoms with van der Waals surface area (Å²) in [5.74, 6) is -1.61. The molecule has 2 N–H and O–H groups in total. The standard InChI is InChI=1S/C16H20N2O5/c1-9-4-5-10(8-11(9)15(20)18(2)3)17-14(19)12-6-7-13(23-12)16(21)22/h4-5,8,12-13H,6-7H2,1-3H3,(H,17,19)(H,21,22)/t12-,13+/m0/s1. The topological polar surface area (TPSA) is 95.9 Å². The van der Waals surface area contributed by atoms with Crippen LogP contribution in [0.5, 0.6) is 0 Å². The zero-order valence-corrected chi connectivity index (χ0v) is 13.3. The molecule has 0 aliphatic carbocycles. The second-order valence-corrected chi connectivity index (χ2v) is 5.75. The molecular formula is C16H20N2O5. The minimum absolute atomic E-state index is 0.151. The van der Waals surface area contributed by atoms with Gasteiger partial charge in [0.05, 0.1) is 0 Å². The molecule has 0 saturated carbocycles. The minimum Gasteiger partial charge on any atom is -0.479 e. The van der Waals surface area contributed by atoms with E-state index in [2.05, 4.69) is 5.32 Å². The number of hydrogen-bond donors (Lipinski definition) is 2. The van der Waals surface area contributed by atoms with Gasteiger partial charge in [-0.05, 0) is 37.5 Å². The highest BCUT2D eigenvalue weighted by molar-refractivity contribution is 5.99. The molecule has 124 valence electrons. The third kappa shape index (κ3) is 3.87. The molecule has 7 heteroatoms. The predicted octanol–water partition coefficient (Wildman–Crippen LogP) is 1.27. The maximum atomic E-state index is 12.2. The number of benzene rings is 1. The van der Waals surface area contributed by atoms with Crippen LogP contribution in [0.4, 0.5) is 5.69 Å². The summed E-state index contributed by atoms with van der Waals surface area (Å²) in [6, 6.07) is 5.06. The van der Waals surface area contributed by atoms with Gasteiger partial charge in [-0.15, -0.1) is 0 Å². The van der Waals surface area contributed by atoms with Gasteiger partial charge in [-0.3, -0.25) is 9.59 Å². The van der Waals surface area contributed by atoms with E-state index >= 15 is 0 Å². The molecule has 1 aliphatic heterocycles. The van der Waals surface area contributed by atoms with Gasteiger partial charge in [0.2, 0.25) is 0 Å². The number of rotatable bonds is 4. The summed E-state index contributed by atoms with van der Waals surface area (Å²) in [5.41, 5.74) is 1.79. The van der Waals surface area contributed by atoms with Gasteiger partial charge in [-0.2, -0.15) is 0 Å². The Morgan fingerprint density at radius 1 is 1.22 bits per heavy atom. The molecule has 0 unspecified atom stereocenters. The lowest BCUT2D eigenvalue weighted by Crippen LogP contribution is -2.30. The second kappa shape index (κ2) is 6.78. The summed E-state index contributed by atoms with van der Waals surface area (Å²) in [7, 11) is 3.32. The van der Waals surface area contributed by atoms with E-state index in [1.165, 1.54) is 4.90 Å². The Hall–Kier alpha value is -2.41. The first kappa shape index (κ1) is 17.0. The van der Waals surface area contributed by atoms with Gasteiger partial charge in [0.25, 0.3) is 11.8 Å². The molecule has 2 atom stereocenters. The fourth-order valence-electron chi connectivity index (χ4n) is 2.41. The summed E-state index contributed by atoms with van der Waals surface area (Å²) in [4.78, 5) is 36.6. The number of carbonyl (C=O) groups is 3. The zero-order chi connectivity index (χ0) is 17.1. The van der Waals surface area contributed by atoms with Gasteiger partial charge < -0.3 is 20.1 Å². The van der Waals surface area contributed by atoms with Crippen molar-refractivity contribution in [3.63, 3.8) is 0 Å². The van der Waals surface area contributed by atoms with E-state index < -0.39 is 24.1 Å². The largest absolute Gasteiger partial charge is 0.479 e. The van der Waals surface area contributed by atoms with E-state index in [0.717, 1.165) is 5.56 Å². The Kier molecular flexibility index (Phi) is 5.00. The van der Waals surface area contributed by atoms with Crippen LogP contribution in [0.25, 0.3) is 0 Å². The molecule has 0 aromatic heterocycles. The van der Waals surface area contributed by atoms with Crippen LogP contribution in [-0.2, 0) is 14.3 Å². The highest BCUT2D eigenvalue weighted by atomic mass is 16.5. The first-order valence-electron chi connectivity index (χ1n) is 7.31. The number of ether oxygens (including phenoxy) is 1. The maximum absolute atomic E-state index is 12.2. The number of carboxylic acids is 1. The van der Waals surface area contributed by atoms with E-state index in [-0.39, 0.29) is 5.91 Å². The van der Waals surface area contributed by atoms with Crippen LogP contribution >= 0.6 is 0 Å². The van der Waals surface area contributed by atoms with Crippen LogP contribution in [0.1, 0.15) is 28.8 Å². The molecule has 1 heterocycles. The molecule has 1 aromatic rings. The molecule has 7 nitrogen and oxygen atoms in total. The van der Waals surface area contributed by atoms with Gasteiger partial charge in [-0.1, -0.05) is 6.07 Å². The van der Waals surface area contributed by atoms with Crippen LogP contribution in [0.15, 0.2) is 18.2 Å². The lowest BCUT2D eigenvalue weighted by Gasteiger charge is -2.15. The first-order valence-corrected chi connectivity index (χ1v) is 7.31. The van der Waals surface area contributed by atoms with Crippen molar-refractivity contribution in [1.82, 2.24) is 4.90 Å². The third-order valence-corrected chi connectivity index (χ3v) is 3.73. The fourth-order valence-corrected chi connectivity index (χ4v) is 2.41. The lowest BCUT2D eigenvalue weighted by atomic mass is 10.1. The Morgan fingerprint density at radius 3 is 2.43 bits per heavy atom. The highest BCUT2D eigenvalue weighted by Crippen LogP contribution is 2.22. The average molecular weight is 320 g/mol. The summed E-state index contributed by atoms with van der Waals surface area (Å²) in [5, 5.41) is 11.6. The van der Waals surface area contributed by atoms with E-state index in [4.69, 9.17) is 9.84 Å². The smallest absolute Gasteiger partial charge is 0.332 e. The Morgan fingerprint density at radius 2 is 1.87 bits per heavy atom. The molecule has 1 fully saturated rings. The van der Waals surface area contributed by atoms with Crippen molar-refractivity contribution < 1.29 is 24.2 Å². The SMILES string of the molecule is Cc1ccc(NC(=O)[C@@H]2CC[C@H](C(=O)O)O2)cc1C(=O)N(C)C. The monoisotopic (exact) mass is 320 g/mol. The number of nitrogens with zero attached hydrogens (tertiary/aromatic N) is 1. The highest BCUT2D eigenvalue weighted by Gasteiger charge is 2.34. The van der Waals surface area contributed by atoms with Crippen molar-refractivity contribution in [1.29, 1.82) is 0 Å². The lowest BCUT2D eigenvalue weighted by molar-refractivity contribution is -0.150.